The van der Waals surface area contributed by atoms with Crippen LogP contribution in [0.3, 0.4) is 0 Å². The lowest BCUT2D eigenvalue weighted by Gasteiger charge is -2.22. The van der Waals surface area contributed by atoms with Gasteiger partial charge in [0, 0.05) is 25.3 Å². The van der Waals surface area contributed by atoms with Gasteiger partial charge in [0.1, 0.15) is 5.49 Å². The van der Waals surface area contributed by atoms with Gasteiger partial charge in [-0.05, 0) is 37.8 Å². The molecule has 2 aliphatic rings. The van der Waals surface area contributed by atoms with E-state index in [-0.39, 0.29) is 11.8 Å². The van der Waals surface area contributed by atoms with E-state index >= 15 is 0 Å². The van der Waals surface area contributed by atoms with Gasteiger partial charge >= 0.3 is 0 Å². The molecule has 0 amide bonds. The molecule has 1 aliphatic carbocycles. The van der Waals surface area contributed by atoms with Gasteiger partial charge in [-0.25, -0.2) is 0 Å². The standard InChI is InChI=1S/C17H24N2O2/c20-17(14-9-12-21-13-10-14)19-11-5-4-8-16(19)18-15-6-2-1-3-7-15/h4-5,8,11,14-15H,1-3,6-7,9-10,12-13H2. The highest BCUT2D eigenvalue weighted by molar-refractivity contribution is 5.81. The molecule has 1 aliphatic heterocycles. The van der Waals surface area contributed by atoms with Crippen LogP contribution in [0.25, 0.3) is 0 Å². The summed E-state index contributed by atoms with van der Waals surface area (Å²) in [6.07, 6.45) is 9.65. The van der Waals surface area contributed by atoms with Crippen molar-refractivity contribution in [2.75, 3.05) is 13.2 Å². The molecular weight excluding hydrogens is 264 g/mol. The molecule has 0 bridgehead atoms. The minimum Gasteiger partial charge on any atom is -0.381 e. The van der Waals surface area contributed by atoms with E-state index in [1.165, 1.54) is 19.3 Å². The summed E-state index contributed by atoms with van der Waals surface area (Å²) in [4.78, 5) is 17.6. The van der Waals surface area contributed by atoms with Gasteiger partial charge < -0.3 is 4.74 Å². The number of pyridine rings is 1. The van der Waals surface area contributed by atoms with Crippen LogP contribution in [-0.4, -0.2) is 29.7 Å². The van der Waals surface area contributed by atoms with Gasteiger partial charge in [0.2, 0.25) is 5.91 Å². The van der Waals surface area contributed by atoms with Crippen molar-refractivity contribution >= 4 is 5.91 Å². The summed E-state index contributed by atoms with van der Waals surface area (Å²) in [5.41, 5.74) is 0.820. The number of aromatic nitrogens is 1. The van der Waals surface area contributed by atoms with Crippen molar-refractivity contribution in [2.45, 2.75) is 51.0 Å². The van der Waals surface area contributed by atoms with Gasteiger partial charge in [-0.1, -0.05) is 25.3 Å². The lowest BCUT2D eigenvalue weighted by Crippen LogP contribution is -2.35. The van der Waals surface area contributed by atoms with Gasteiger partial charge in [-0.3, -0.25) is 14.4 Å². The summed E-state index contributed by atoms with van der Waals surface area (Å²) < 4.78 is 7.11. The van der Waals surface area contributed by atoms with E-state index in [2.05, 4.69) is 0 Å². The van der Waals surface area contributed by atoms with Crippen LogP contribution in [0.1, 0.15) is 49.7 Å². The molecule has 0 atom stereocenters. The second kappa shape index (κ2) is 7.03. The summed E-state index contributed by atoms with van der Waals surface area (Å²) in [6, 6.07) is 6.23. The van der Waals surface area contributed by atoms with Crippen molar-refractivity contribution in [1.82, 2.24) is 4.57 Å². The Morgan fingerprint density at radius 1 is 1.10 bits per heavy atom. The smallest absolute Gasteiger partial charge is 0.235 e. The first-order valence-electron chi connectivity index (χ1n) is 8.18. The fourth-order valence-corrected chi connectivity index (χ4v) is 3.26. The van der Waals surface area contributed by atoms with Crippen molar-refractivity contribution < 1.29 is 9.53 Å². The number of hydrogen-bond acceptors (Lipinski definition) is 3. The molecule has 0 unspecified atom stereocenters. The molecule has 1 saturated heterocycles. The van der Waals surface area contributed by atoms with E-state index < -0.39 is 0 Å². The first kappa shape index (κ1) is 14.5. The third kappa shape index (κ3) is 3.62. The highest BCUT2D eigenvalue weighted by Crippen LogP contribution is 2.20. The molecule has 1 aromatic heterocycles. The fourth-order valence-electron chi connectivity index (χ4n) is 3.26. The Bertz CT molecular complexity index is 538. The lowest BCUT2D eigenvalue weighted by atomic mass is 9.96. The van der Waals surface area contributed by atoms with Gasteiger partial charge in [0.05, 0.1) is 6.04 Å². The molecule has 114 valence electrons. The fraction of sp³-hybridized carbons (Fsp3) is 0.647. The number of ether oxygens (including phenoxy) is 1. The normalized spacial score (nSPS) is 22.4. The Morgan fingerprint density at radius 3 is 2.62 bits per heavy atom. The zero-order chi connectivity index (χ0) is 14.5. The number of carbonyl (C=O) groups excluding carboxylic acids is 1. The van der Waals surface area contributed by atoms with Crippen LogP contribution >= 0.6 is 0 Å². The van der Waals surface area contributed by atoms with E-state index in [0.29, 0.717) is 19.3 Å². The molecule has 2 heterocycles. The molecule has 1 aromatic rings. The summed E-state index contributed by atoms with van der Waals surface area (Å²) >= 11 is 0. The van der Waals surface area contributed by atoms with E-state index in [4.69, 9.17) is 9.73 Å². The highest BCUT2D eigenvalue weighted by atomic mass is 16.5. The average Bonchev–Trinajstić information content (AvgIpc) is 2.56. The van der Waals surface area contributed by atoms with Crippen LogP contribution in [0.4, 0.5) is 0 Å². The third-order valence-electron chi connectivity index (χ3n) is 4.54. The molecule has 3 rings (SSSR count). The molecule has 0 N–H and O–H groups in total. The zero-order valence-electron chi connectivity index (χ0n) is 12.5. The minimum absolute atomic E-state index is 0.0754. The van der Waals surface area contributed by atoms with Crippen LogP contribution in [0, 0.1) is 5.92 Å². The molecule has 0 radical (unpaired) electrons. The first-order valence-corrected chi connectivity index (χ1v) is 8.18. The van der Waals surface area contributed by atoms with Crippen molar-refractivity contribution in [3.05, 3.63) is 29.9 Å². The van der Waals surface area contributed by atoms with Crippen LogP contribution in [0.2, 0.25) is 0 Å². The van der Waals surface area contributed by atoms with Gasteiger partial charge in [0.15, 0.2) is 0 Å². The Morgan fingerprint density at radius 2 is 1.86 bits per heavy atom. The molecule has 21 heavy (non-hydrogen) atoms. The molecule has 4 heteroatoms. The Labute approximate surface area is 125 Å². The summed E-state index contributed by atoms with van der Waals surface area (Å²) in [7, 11) is 0. The van der Waals surface area contributed by atoms with Gasteiger partial charge in [-0.15, -0.1) is 0 Å². The quantitative estimate of drug-likeness (QED) is 0.840. The third-order valence-corrected chi connectivity index (χ3v) is 4.54. The SMILES string of the molecule is O=C(C1CCOCC1)n1ccccc1=NC1CCCCC1. The Balaban J connectivity index is 1.84. The van der Waals surface area contributed by atoms with Crippen LogP contribution in [0.5, 0.6) is 0 Å². The maximum atomic E-state index is 12.7. The molecular formula is C17H24N2O2. The summed E-state index contributed by atoms with van der Waals surface area (Å²) in [5.74, 6) is 0.250. The monoisotopic (exact) mass is 288 g/mol. The maximum Gasteiger partial charge on any atom is 0.235 e. The van der Waals surface area contributed by atoms with E-state index in [9.17, 15) is 4.79 Å². The highest BCUT2D eigenvalue weighted by Gasteiger charge is 2.23. The van der Waals surface area contributed by atoms with Crippen LogP contribution in [0.15, 0.2) is 29.4 Å². The van der Waals surface area contributed by atoms with Crippen LogP contribution < -0.4 is 5.49 Å². The largest absolute Gasteiger partial charge is 0.381 e. The van der Waals surface area contributed by atoms with E-state index in [0.717, 1.165) is 31.2 Å². The predicted octanol–water partition coefficient (Wildman–Crippen LogP) is 2.79. The van der Waals surface area contributed by atoms with Crippen molar-refractivity contribution in [3.63, 3.8) is 0 Å². The second-order valence-corrected chi connectivity index (χ2v) is 6.07. The molecule has 4 nitrogen and oxygen atoms in total. The number of rotatable bonds is 2. The predicted molar refractivity (Wildman–Crippen MR) is 81.0 cm³/mol. The minimum atomic E-state index is 0.0754. The van der Waals surface area contributed by atoms with E-state index in [1.807, 2.05) is 24.4 Å². The number of hydrogen-bond donors (Lipinski definition) is 0. The van der Waals surface area contributed by atoms with Crippen molar-refractivity contribution in [1.29, 1.82) is 0 Å². The van der Waals surface area contributed by atoms with E-state index in [1.54, 1.807) is 4.57 Å². The number of carbonyl (C=O) groups is 1. The molecule has 2 fully saturated rings. The molecule has 0 spiro atoms. The van der Waals surface area contributed by atoms with Crippen molar-refractivity contribution in [3.8, 4) is 0 Å². The maximum absolute atomic E-state index is 12.7. The first-order chi connectivity index (χ1) is 10.3. The topological polar surface area (TPSA) is 43.6 Å². The molecule has 1 saturated carbocycles. The molecule has 0 aromatic carbocycles. The Kier molecular flexibility index (Phi) is 4.86. The average molecular weight is 288 g/mol. The Hall–Kier alpha value is -1.42. The van der Waals surface area contributed by atoms with Crippen molar-refractivity contribution in [2.24, 2.45) is 10.9 Å². The van der Waals surface area contributed by atoms with Crippen LogP contribution in [-0.2, 0) is 4.74 Å². The summed E-state index contributed by atoms with van der Waals surface area (Å²) in [5, 5.41) is 0. The lowest BCUT2D eigenvalue weighted by molar-refractivity contribution is 0.0482. The van der Waals surface area contributed by atoms with Gasteiger partial charge in [0.25, 0.3) is 0 Å². The summed E-state index contributed by atoms with van der Waals surface area (Å²) in [6.45, 7) is 1.39. The zero-order valence-corrected chi connectivity index (χ0v) is 12.5. The van der Waals surface area contributed by atoms with Gasteiger partial charge in [-0.2, -0.15) is 0 Å². The second-order valence-electron chi connectivity index (χ2n) is 6.07. The number of nitrogens with zero attached hydrogens (tertiary/aromatic N) is 2.